The van der Waals surface area contributed by atoms with E-state index in [0.717, 1.165) is 16.7 Å². The van der Waals surface area contributed by atoms with Gasteiger partial charge in [0.1, 0.15) is 0 Å². The van der Waals surface area contributed by atoms with Gasteiger partial charge in [0, 0.05) is 5.57 Å². The van der Waals surface area contributed by atoms with E-state index in [1.54, 1.807) is 0 Å². The van der Waals surface area contributed by atoms with Gasteiger partial charge in [0.2, 0.25) is 5.78 Å². The number of rotatable bonds is 2. The molecule has 3 rings (SSSR count). The van der Waals surface area contributed by atoms with Crippen LogP contribution in [-0.4, -0.2) is 12.4 Å². The van der Waals surface area contributed by atoms with Crippen molar-refractivity contribution in [2.45, 2.75) is 6.92 Å². The first-order valence-electron chi connectivity index (χ1n) is 5.92. The summed E-state index contributed by atoms with van der Waals surface area (Å²) in [4.78, 5) is 12.3. The van der Waals surface area contributed by atoms with Crippen LogP contribution < -0.4 is 5.73 Å². The lowest BCUT2D eigenvalue weighted by molar-refractivity contribution is -0.115. The highest BCUT2D eigenvalue weighted by Gasteiger charge is 2.31. The molecule has 3 heteroatoms. The van der Waals surface area contributed by atoms with Gasteiger partial charge in [0.25, 0.3) is 0 Å². The van der Waals surface area contributed by atoms with Crippen LogP contribution in [0.15, 0.2) is 47.4 Å². The first-order valence-corrected chi connectivity index (χ1v) is 5.92. The summed E-state index contributed by atoms with van der Waals surface area (Å²) in [7, 11) is 0. The van der Waals surface area contributed by atoms with E-state index in [2.05, 4.69) is 0 Å². The molecule has 2 N–H and O–H groups in total. The maximum absolute atomic E-state index is 12.3. The first kappa shape index (κ1) is 10.8. The van der Waals surface area contributed by atoms with Crippen molar-refractivity contribution in [3.63, 3.8) is 0 Å². The number of ether oxygens (including phenoxy) is 1. The zero-order valence-electron chi connectivity index (χ0n) is 10.1. The number of carbonyl (C=O) groups excluding carboxylic acids is 1. The SMILES string of the molecule is CCOC1=C(N)C=C2C(=Cc3ccccc32)C1=O. The predicted octanol–water partition coefficient (Wildman–Crippen LogP) is 2.26. The second kappa shape index (κ2) is 3.88. The van der Waals surface area contributed by atoms with E-state index in [9.17, 15) is 4.79 Å². The highest BCUT2D eigenvalue weighted by Crippen LogP contribution is 2.40. The fraction of sp³-hybridized carbons (Fsp3) is 0.133. The van der Waals surface area contributed by atoms with Crippen LogP contribution in [-0.2, 0) is 9.53 Å². The van der Waals surface area contributed by atoms with Gasteiger partial charge in [-0.25, -0.2) is 0 Å². The summed E-state index contributed by atoms with van der Waals surface area (Å²) in [6.45, 7) is 2.27. The Morgan fingerprint density at radius 1 is 1.17 bits per heavy atom. The van der Waals surface area contributed by atoms with E-state index in [1.165, 1.54) is 0 Å². The summed E-state index contributed by atoms with van der Waals surface area (Å²) >= 11 is 0. The molecule has 0 aliphatic heterocycles. The quantitative estimate of drug-likeness (QED) is 0.861. The predicted molar refractivity (Wildman–Crippen MR) is 70.2 cm³/mol. The Morgan fingerprint density at radius 3 is 2.72 bits per heavy atom. The fourth-order valence-electron chi connectivity index (χ4n) is 2.36. The smallest absolute Gasteiger partial charge is 0.230 e. The fourth-order valence-corrected chi connectivity index (χ4v) is 2.36. The van der Waals surface area contributed by atoms with Crippen LogP contribution in [0.2, 0.25) is 0 Å². The number of nitrogens with two attached hydrogens (primary N) is 1. The van der Waals surface area contributed by atoms with Crippen LogP contribution in [0.5, 0.6) is 0 Å². The van der Waals surface area contributed by atoms with Gasteiger partial charge in [-0.1, -0.05) is 24.3 Å². The van der Waals surface area contributed by atoms with Gasteiger partial charge in [-0.05, 0) is 35.8 Å². The van der Waals surface area contributed by atoms with Crippen LogP contribution in [0.25, 0.3) is 11.6 Å². The number of allylic oxidation sites excluding steroid dienone is 3. The molecule has 18 heavy (non-hydrogen) atoms. The van der Waals surface area contributed by atoms with Crippen LogP contribution >= 0.6 is 0 Å². The number of fused-ring (bicyclic) bond motifs is 3. The van der Waals surface area contributed by atoms with E-state index in [1.807, 2.05) is 43.3 Å². The minimum Gasteiger partial charge on any atom is -0.488 e. The van der Waals surface area contributed by atoms with E-state index in [0.29, 0.717) is 17.9 Å². The lowest BCUT2D eigenvalue weighted by Crippen LogP contribution is -2.19. The van der Waals surface area contributed by atoms with E-state index in [-0.39, 0.29) is 11.5 Å². The van der Waals surface area contributed by atoms with Crippen LogP contribution in [0.3, 0.4) is 0 Å². The van der Waals surface area contributed by atoms with Crippen LogP contribution in [0.4, 0.5) is 0 Å². The topological polar surface area (TPSA) is 52.3 Å². The zero-order valence-corrected chi connectivity index (χ0v) is 10.1. The Kier molecular flexibility index (Phi) is 2.33. The van der Waals surface area contributed by atoms with Crippen molar-refractivity contribution in [3.8, 4) is 0 Å². The summed E-state index contributed by atoms with van der Waals surface area (Å²) < 4.78 is 5.33. The van der Waals surface area contributed by atoms with Crippen molar-refractivity contribution in [1.82, 2.24) is 0 Å². The molecule has 1 aromatic rings. The molecule has 0 spiro atoms. The van der Waals surface area contributed by atoms with Crippen molar-refractivity contribution in [2.24, 2.45) is 5.73 Å². The number of benzene rings is 1. The molecular formula is C15H13NO2. The van der Waals surface area contributed by atoms with E-state index < -0.39 is 0 Å². The molecule has 0 atom stereocenters. The second-order valence-electron chi connectivity index (χ2n) is 4.25. The maximum atomic E-state index is 12.3. The van der Waals surface area contributed by atoms with Gasteiger partial charge in [0.15, 0.2) is 5.76 Å². The van der Waals surface area contributed by atoms with Gasteiger partial charge >= 0.3 is 0 Å². The monoisotopic (exact) mass is 239 g/mol. The van der Waals surface area contributed by atoms with Crippen LogP contribution in [0.1, 0.15) is 18.1 Å². The third kappa shape index (κ3) is 1.40. The molecule has 2 aliphatic rings. The summed E-state index contributed by atoms with van der Waals surface area (Å²) in [5, 5.41) is 0. The first-order chi connectivity index (χ1) is 8.72. The molecule has 0 bridgehead atoms. The van der Waals surface area contributed by atoms with Crippen molar-refractivity contribution >= 4 is 17.4 Å². The number of Topliss-reactive ketones (excluding diaryl/α,β-unsaturated/α-hetero) is 1. The van der Waals surface area contributed by atoms with Gasteiger partial charge in [-0.15, -0.1) is 0 Å². The average Bonchev–Trinajstić information content (AvgIpc) is 2.74. The van der Waals surface area contributed by atoms with Crippen molar-refractivity contribution in [3.05, 3.63) is 58.5 Å². The summed E-state index contributed by atoms with van der Waals surface area (Å²) in [5.41, 5.74) is 9.99. The Bertz CT molecular complexity index is 636. The molecule has 0 saturated carbocycles. The third-order valence-electron chi connectivity index (χ3n) is 3.14. The Hall–Kier alpha value is -2.29. The Balaban J connectivity index is 2.16. The van der Waals surface area contributed by atoms with Crippen molar-refractivity contribution < 1.29 is 9.53 Å². The standard InChI is InChI=1S/C15H13NO2/c1-2-18-15-13(16)8-11-10-6-4-3-5-9(10)7-12(11)14(15)17/h3-8H,2,16H2,1H3. The van der Waals surface area contributed by atoms with E-state index >= 15 is 0 Å². The summed E-state index contributed by atoms with van der Waals surface area (Å²) in [6.07, 6.45) is 3.72. The molecule has 3 nitrogen and oxygen atoms in total. The largest absolute Gasteiger partial charge is 0.488 e. The molecule has 1 aromatic carbocycles. The van der Waals surface area contributed by atoms with Gasteiger partial charge in [0.05, 0.1) is 12.3 Å². The number of hydrogen-bond acceptors (Lipinski definition) is 3. The van der Waals surface area contributed by atoms with Gasteiger partial charge < -0.3 is 10.5 Å². The number of hydrogen-bond donors (Lipinski definition) is 1. The molecule has 0 saturated heterocycles. The Labute approximate surface area is 105 Å². The molecule has 0 amide bonds. The maximum Gasteiger partial charge on any atom is 0.230 e. The molecule has 2 aliphatic carbocycles. The third-order valence-corrected chi connectivity index (χ3v) is 3.14. The second-order valence-corrected chi connectivity index (χ2v) is 4.25. The molecule has 0 unspecified atom stereocenters. The van der Waals surface area contributed by atoms with Gasteiger partial charge in [-0.3, -0.25) is 4.79 Å². The average molecular weight is 239 g/mol. The highest BCUT2D eigenvalue weighted by molar-refractivity contribution is 6.25. The molecule has 0 aromatic heterocycles. The number of ketones is 1. The van der Waals surface area contributed by atoms with Crippen molar-refractivity contribution in [2.75, 3.05) is 6.61 Å². The summed E-state index contributed by atoms with van der Waals surface area (Å²) in [6, 6.07) is 7.90. The molecule has 0 fully saturated rings. The molecular weight excluding hydrogens is 226 g/mol. The van der Waals surface area contributed by atoms with Crippen molar-refractivity contribution in [1.29, 1.82) is 0 Å². The Morgan fingerprint density at radius 2 is 1.94 bits per heavy atom. The lowest BCUT2D eigenvalue weighted by Gasteiger charge is -2.17. The normalized spacial score (nSPS) is 17.1. The van der Waals surface area contributed by atoms with Gasteiger partial charge in [-0.2, -0.15) is 0 Å². The highest BCUT2D eigenvalue weighted by atomic mass is 16.5. The minimum atomic E-state index is -0.122. The van der Waals surface area contributed by atoms with E-state index in [4.69, 9.17) is 10.5 Å². The molecule has 90 valence electrons. The molecule has 0 heterocycles. The zero-order chi connectivity index (χ0) is 12.7. The lowest BCUT2D eigenvalue weighted by atomic mass is 9.93. The van der Waals surface area contributed by atoms with Crippen LogP contribution in [0, 0.1) is 0 Å². The number of carbonyl (C=O) groups is 1. The molecule has 0 radical (unpaired) electrons. The summed E-state index contributed by atoms with van der Waals surface area (Å²) in [5.74, 6) is 0.142. The minimum absolute atomic E-state index is 0.122.